The second-order valence-electron chi connectivity index (χ2n) is 16.3. The SMILES string of the molecule is CCC(C)(C)C(=O)Oc1ccc(C(=O)Oc2ccc(O)cc2)cc1.CCC(C)c1ccc(C(=O)COc2ccc(O)cc2)cc1.CCC(C)c1ccc(OC(=O)COc2ccc(O)cc2)cc1. The molecule has 0 spiro atoms. The van der Waals surface area contributed by atoms with Crippen molar-refractivity contribution in [1.82, 2.24) is 0 Å². The first kappa shape index (κ1) is 52.0. The van der Waals surface area contributed by atoms with Gasteiger partial charge in [-0.25, -0.2) is 9.59 Å². The van der Waals surface area contributed by atoms with Gasteiger partial charge in [-0.05, 0) is 165 Å². The van der Waals surface area contributed by atoms with Crippen molar-refractivity contribution in [2.45, 2.75) is 79.6 Å². The molecule has 6 rings (SSSR count). The number of carbonyl (C=O) groups excluding carboxylic acids is 4. The number of carbonyl (C=O) groups is 4. The van der Waals surface area contributed by atoms with Crippen molar-refractivity contribution in [3.63, 3.8) is 0 Å². The molecule has 0 saturated carbocycles. The summed E-state index contributed by atoms with van der Waals surface area (Å²) in [4.78, 5) is 47.9. The van der Waals surface area contributed by atoms with Gasteiger partial charge in [0.25, 0.3) is 0 Å². The van der Waals surface area contributed by atoms with Gasteiger partial charge in [0.2, 0.25) is 0 Å². The second kappa shape index (κ2) is 25.8. The van der Waals surface area contributed by atoms with E-state index in [0.29, 0.717) is 58.1 Å². The summed E-state index contributed by atoms with van der Waals surface area (Å²) in [5, 5.41) is 27.5. The maximum atomic E-state index is 12.1. The third-order valence-electron chi connectivity index (χ3n) is 10.9. The van der Waals surface area contributed by atoms with Gasteiger partial charge in [-0.3, -0.25) is 9.59 Å². The number of hydrogen-bond acceptors (Lipinski definition) is 12. The van der Waals surface area contributed by atoms with Gasteiger partial charge in [-0.2, -0.15) is 0 Å². The van der Waals surface area contributed by atoms with Gasteiger partial charge in [0.05, 0.1) is 11.0 Å². The molecule has 0 bridgehead atoms. The average Bonchev–Trinajstić information content (AvgIpc) is 3.34. The lowest BCUT2D eigenvalue weighted by Crippen LogP contribution is -2.28. The fourth-order valence-corrected chi connectivity index (χ4v) is 5.68. The van der Waals surface area contributed by atoms with Crippen molar-refractivity contribution < 1.29 is 58.2 Å². The van der Waals surface area contributed by atoms with E-state index >= 15 is 0 Å². The minimum absolute atomic E-state index is 0.00649. The molecule has 3 N–H and O–H groups in total. The fraction of sp³-hybridized carbons (Fsp3) is 0.273. The van der Waals surface area contributed by atoms with E-state index in [1.165, 1.54) is 71.8 Å². The van der Waals surface area contributed by atoms with Crippen molar-refractivity contribution in [1.29, 1.82) is 0 Å². The predicted molar refractivity (Wildman–Crippen MR) is 257 cm³/mol. The highest BCUT2D eigenvalue weighted by Gasteiger charge is 2.27. The number of ketones is 1. The number of rotatable bonds is 17. The number of ether oxygens (including phenoxy) is 5. The smallest absolute Gasteiger partial charge is 0.349 e. The molecule has 0 aromatic heterocycles. The van der Waals surface area contributed by atoms with Crippen LogP contribution < -0.4 is 23.7 Å². The molecule has 2 unspecified atom stereocenters. The van der Waals surface area contributed by atoms with Crippen LogP contribution in [0.5, 0.6) is 46.0 Å². The molecule has 0 aliphatic heterocycles. The molecule has 6 aromatic carbocycles. The summed E-state index contributed by atoms with van der Waals surface area (Å²) < 4.78 is 26.4. The van der Waals surface area contributed by atoms with E-state index in [-0.39, 0.29) is 42.2 Å². The number of aromatic hydroxyl groups is 3. The Morgan fingerprint density at radius 3 is 1.27 bits per heavy atom. The van der Waals surface area contributed by atoms with Gasteiger partial charge in [0.1, 0.15) is 46.0 Å². The number of benzene rings is 6. The number of phenolic OH excluding ortho intramolecular Hbond substituents is 3. The Labute approximate surface area is 392 Å². The van der Waals surface area contributed by atoms with Gasteiger partial charge < -0.3 is 39.0 Å². The first-order valence-corrected chi connectivity index (χ1v) is 22.1. The summed E-state index contributed by atoms with van der Waals surface area (Å²) in [5.41, 5.74) is 2.89. The van der Waals surface area contributed by atoms with Crippen LogP contribution in [0.4, 0.5) is 0 Å². The lowest BCUT2D eigenvalue weighted by atomic mass is 9.91. The molecule has 67 heavy (non-hydrogen) atoms. The fourth-order valence-electron chi connectivity index (χ4n) is 5.68. The highest BCUT2D eigenvalue weighted by molar-refractivity contribution is 5.97. The maximum absolute atomic E-state index is 12.1. The summed E-state index contributed by atoms with van der Waals surface area (Å²) >= 11 is 0. The third kappa shape index (κ3) is 17.4. The molecule has 0 radical (unpaired) electrons. The molecule has 0 fully saturated rings. The summed E-state index contributed by atoms with van der Waals surface area (Å²) in [6, 6.07) is 39.7. The molecule has 12 nitrogen and oxygen atoms in total. The standard InChI is InChI=1S/C19H20O5.C18H20O4.C18H20O3/c1-4-19(2,3)18(22)24-16-9-5-13(6-10-16)17(21)23-15-11-7-14(20)8-12-15;1-3-13(2)14-4-8-17(9-5-14)22-18(20)12-21-16-10-6-15(19)7-11-16;1-3-13(2)14-4-6-15(7-5-14)18(20)12-21-17-10-8-16(19)9-11-17/h5-12,20H,4H2,1-3H3;4-11,13,19H,3,12H2,1-2H3;4-11,13,19H,3,12H2,1-2H3. The largest absolute Gasteiger partial charge is 0.508 e. The van der Waals surface area contributed by atoms with E-state index in [2.05, 4.69) is 27.7 Å². The Hall–Kier alpha value is -7.60. The highest BCUT2D eigenvalue weighted by atomic mass is 16.6. The highest BCUT2D eigenvalue weighted by Crippen LogP contribution is 2.26. The van der Waals surface area contributed by atoms with Crippen LogP contribution in [0.2, 0.25) is 0 Å². The zero-order chi connectivity index (χ0) is 48.9. The van der Waals surface area contributed by atoms with Crippen LogP contribution in [0.3, 0.4) is 0 Å². The van der Waals surface area contributed by atoms with Crippen LogP contribution in [0.25, 0.3) is 0 Å². The molecular weight excluding hydrogens is 853 g/mol. The number of Topliss-reactive ketones (excluding diaryl/α,β-unsaturated/α-hetero) is 1. The van der Waals surface area contributed by atoms with Crippen LogP contribution in [-0.2, 0) is 9.59 Å². The Kier molecular flexibility index (Phi) is 20.0. The van der Waals surface area contributed by atoms with E-state index in [0.717, 1.165) is 12.8 Å². The molecule has 6 aromatic rings. The van der Waals surface area contributed by atoms with Gasteiger partial charge in [0.15, 0.2) is 19.0 Å². The van der Waals surface area contributed by atoms with Crippen LogP contribution in [0.15, 0.2) is 146 Å². The minimum atomic E-state index is -0.559. The average molecular weight is 913 g/mol. The predicted octanol–water partition coefficient (Wildman–Crippen LogP) is 12.0. The molecule has 12 heteroatoms. The molecule has 0 aliphatic rings. The second-order valence-corrected chi connectivity index (χ2v) is 16.3. The zero-order valence-corrected chi connectivity index (χ0v) is 39.1. The summed E-state index contributed by atoms with van der Waals surface area (Å²) in [7, 11) is 0. The van der Waals surface area contributed by atoms with E-state index in [1.54, 1.807) is 48.5 Å². The van der Waals surface area contributed by atoms with E-state index in [4.69, 9.17) is 28.8 Å². The van der Waals surface area contributed by atoms with Crippen LogP contribution in [0.1, 0.15) is 111 Å². The number of hydrogen-bond donors (Lipinski definition) is 3. The Morgan fingerprint density at radius 2 is 0.821 bits per heavy atom. The maximum Gasteiger partial charge on any atom is 0.349 e. The molecule has 0 saturated heterocycles. The van der Waals surface area contributed by atoms with E-state index < -0.39 is 17.4 Å². The summed E-state index contributed by atoms with van der Waals surface area (Å²) in [5.74, 6) is 2.32. The molecule has 2 atom stereocenters. The first-order valence-electron chi connectivity index (χ1n) is 22.1. The van der Waals surface area contributed by atoms with E-state index in [9.17, 15) is 29.4 Å². The minimum Gasteiger partial charge on any atom is -0.508 e. The van der Waals surface area contributed by atoms with Crippen LogP contribution in [-0.4, -0.2) is 52.2 Å². The monoisotopic (exact) mass is 912 g/mol. The number of phenols is 3. The zero-order valence-electron chi connectivity index (χ0n) is 39.1. The summed E-state index contributed by atoms with van der Waals surface area (Å²) in [6.07, 6.45) is 2.82. The lowest BCUT2D eigenvalue weighted by Gasteiger charge is -2.20. The topological polar surface area (TPSA) is 175 Å². The van der Waals surface area contributed by atoms with Gasteiger partial charge in [-0.1, -0.05) is 71.0 Å². The summed E-state index contributed by atoms with van der Waals surface area (Å²) in [6.45, 7) is 14.0. The van der Waals surface area contributed by atoms with Crippen molar-refractivity contribution in [2.24, 2.45) is 5.41 Å². The number of esters is 3. The third-order valence-corrected chi connectivity index (χ3v) is 10.9. The Morgan fingerprint density at radius 1 is 0.463 bits per heavy atom. The molecule has 0 heterocycles. The first-order chi connectivity index (χ1) is 32.0. The Bertz CT molecular complexity index is 2460. The van der Waals surface area contributed by atoms with E-state index in [1.807, 2.05) is 57.2 Å². The van der Waals surface area contributed by atoms with Crippen molar-refractivity contribution in [3.05, 3.63) is 168 Å². The van der Waals surface area contributed by atoms with Gasteiger partial charge in [0, 0.05) is 5.56 Å². The Balaban J connectivity index is 0.000000220. The van der Waals surface area contributed by atoms with Crippen molar-refractivity contribution in [3.8, 4) is 46.0 Å². The lowest BCUT2D eigenvalue weighted by molar-refractivity contribution is -0.144. The quantitative estimate of drug-likeness (QED) is 0.0449. The normalized spacial score (nSPS) is 11.5. The molecule has 0 aliphatic carbocycles. The van der Waals surface area contributed by atoms with Crippen molar-refractivity contribution >= 4 is 23.7 Å². The van der Waals surface area contributed by atoms with Gasteiger partial charge >= 0.3 is 17.9 Å². The molecule has 0 amide bonds. The van der Waals surface area contributed by atoms with Crippen molar-refractivity contribution in [2.75, 3.05) is 13.2 Å². The molecular formula is C55H60O12. The van der Waals surface area contributed by atoms with Crippen LogP contribution in [0, 0.1) is 5.41 Å². The molecule has 352 valence electrons. The van der Waals surface area contributed by atoms with Crippen LogP contribution >= 0.6 is 0 Å². The van der Waals surface area contributed by atoms with Gasteiger partial charge in [-0.15, -0.1) is 0 Å².